The molecule has 1 aliphatic rings. The van der Waals surface area contributed by atoms with E-state index in [1.54, 1.807) is 4.90 Å². The number of esters is 1. The summed E-state index contributed by atoms with van der Waals surface area (Å²) in [6.45, 7) is 13.1. The average molecular weight is 368 g/mol. The highest BCUT2D eigenvalue weighted by Gasteiger charge is 2.37. The van der Waals surface area contributed by atoms with Crippen LogP contribution in [0.15, 0.2) is 0 Å². The number of rotatable bonds is 3. The molecule has 0 saturated carbocycles. The number of piperidine rings is 1. The van der Waals surface area contributed by atoms with Crippen LogP contribution in [0.5, 0.6) is 0 Å². The first-order valence-corrected chi connectivity index (χ1v) is 12.5. The molecule has 2 atom stereocenters. The SMILES string of the molecule is COC(=O)[C@H]1CN(C(=O)OC(C)(C)C)CC[C@H]1CCC#C[Si](C)(C)C. The van der Waals surface area contributed by atoms with Gasteiger partial charge in [0.15, 0.2) is 0 Å². The normalized spacial score (nSPS) is 21.2. The van der Waals surface area contributed by atoms with Gasteiger partial charge in [0.05, 0.1) is 13.0 Å². The summed E-state index contributed by atoms with van der Waals surface area (Å²) in [6.07, 6.45) is 2.06. The molecule has 0 aromatic carbocycles. The Hall–Kier alpha value is -1.48. The first-order valence-electron chi connectivity index (χ1n) is 8.99. The van der Waals surface area contributed by atoms with Crippen molar-refractivity contribution in [1.82, 2.24) is 4.90 Å². The van der Waals surface area contributed by atoms with Crippen molar-refractivity contribution >= 4 is 20.1 Å². The van der Waals surface area contributed by atoms with Crippen molar-refractivity contribution in [2.45, 2.75) is 65.3 Å². The number of carbonyl (C=O) groups excluding carboxylic acids is 2. The number of likely N-dealkylation sites (tertiary alicyclic amines) is 1. The fraction of sp³-hybridized carbons (Fsp3) is 0.789. The molecule has 1 rings (SSSR count). The Morgan fingerprint density at radius 3 is 2.40 bits per heavy atom. The van der Waals surface area contributed by atoms with E-state index in [4.69, 9.17) is 9.47 Å². The van der Waals surface area contributed by atoms with Crippen molar-refractivity contribution in [2.75, 3.05) is 20.2 Å². The van der Waals surface area contributed by atoms with Crippen molar-refractivity contribution in [3.63, 3.8) is 0 Å². The molecule has 1 saturated heterocycles. The third kappa shape index (κ3) is 7.96. The first kappa shape index (κ1) is 21.6. The van der Waals surface area contributed by atoms with Gasteiger partial charge in [-0.25, -0.2) is 4.79 Å². The van der Waals surface area contributed by atoms with Crippen LogP contribution in [0.3, 0.4) is 0 Å². The van der Waals surface area contributed by atoms with Crippen molar-refractivity contribution in [3.8, 4) is 11.5 Å². The Kier molecular flexibility index (Phi) is 7.55. The smallest absolute Gasteiger partial charge is 0.410 e. The van der Waals surface area contributed by atoms with E-state index in [1.165, 1.54) is 7.11 Å². The Morgan fingerprint density at radius 1 is 1.24 bits per heavy atom. The summed E-state index contributed by atoms with van der Waals surface area (Å²) in [6, 6.07) is 0. The van der Waals surface area contributed by atoms with E-state index in [9.17, 15) is 9.59 Å². The van der Waals surface area contributed by atoms with Gasteiger partial charge >= 0.3 is 12.1 Å². The van der Waals surface area contributed by atoms with Gasteiger partial charge in [-0.05, 0) is 39.5 Å². The van der Waals surface area contributed by atoms with Crippen LogP contribution < -0.4 is 0 Å². The molecular weight excluding hydrogens is 334 g/mol. The number of methoxy groups -OCH3 is 1. The quantitative estimate of drug-likeness (QED) is 0.434. The number of hydrogen-bond donors (Lipinski definition) is 0. The standard InChI is InChI=1S/C19H33NO4Si/c1-19(2,3)24-18(22)20-12-11-15(16(14-20)17(21)23-4)10-8-9-13-25(5,6)7/h15-16H,8,10-12,14H2,1-7H3/t15-,16+/m1/s1. The summed E-state index contributed by atoms with van der Waals surface area (Å²) in [4.78, 5) is 26.1. The first-order chi connectivity index (χ1) is 11.4. The van der Waals surface area contributed by atoms with Crippen molar-refractivity contribution in [2.24, 2.45) is 11.8 Å². The van der Waals surface area contributed by atoms with Gasteiger partial charge in [-0.15, -0.1) is 11.5 Å². The number of amides is 1. The van der Waals surface area contributed by atoms with E-state index in [2.05, 4.69) is 31.1 Å². The molecule has 0 aromatic rings. The van der Waals surface area contributed by atoms with Crippen LogP contribution in [-0.4, -0.2) is 50.8 Å². The minimum absolute atomic E-state index is 0.196. The van der Waals surface area contributed by atoms with E-state index in [0.717, 1.165) is 19.3 Å². The molecule has 1 heterocycles. The zero-order valence-electron chi connectivity index (χ0n) is 16.8. The molecule has 1 fully saturated rings. The summed E-state index contributed by atoms with van der Waals surface area (Å²) in [7, 11) is 0.0390. The number of nitrogens with zero attached hydrogens (tertiary/aromatic N) is 1. The van der Waals surface area contributed by atoms with Gasteiger partial charge in [-0.2, -0.15) is 0 Å². The summed E-state index contributed by atoms with van der Waals surface area (Å²) >= 11 is 0. The molecule has 0 aliphatic carbocycles. The zero-order chi connectivity index (χ0) is 19.3. The summed E-state index contributed by atoms with van der Waals surface area (Å²) in [5.74, 6) is 2.91. The van der Waals surface area contributed by atoms with Gasteiger partial charge in [0.25, 0.3) is 0 Å². The molecule has 0 radical (unpaired) electrons. The second-order valence-corrected chi connectivity index (χ2v) is 13.4. The van der Waals surface area contributed by atoms with Crippen molar-refractivity contribution < 1.29 is 19.1 Å². The highest BCUT2D eigenvalue weighted by molar-refractivity contribution is 6.83. The molecule has 0 spiro atoms. The van der Waals surface area contributed by atoms with Crippen LogP contribution in [0.1, 0.15) is 40.0 Å². The third-order valence-electron chi connectivity index (χ3n) is 4.02. The number of carbonyl (C=O) groups is 2. The minimum atomic E-state index is -1.36. The molecule has 6 heteroatoms. The molecule has 0 unspecified atom stereocenters. The van der Waals surface area contributed by atoms with Gasteiger partial charge in [-0.1, -0.05) is 19.6 Å². The maximum atomic E-state index is 12.3. The van der Waals surface area contributed by atoms with Crippen LogP contribution >= 0.6 is 0 Å². The van der Waals surface area contributed by atoms with E-state index in [0.29, 0.717) is 13.1 Å². The monoisotopic (exact) mass is 367 g/mol. The Balaban J connectivity index is 2.71. The minimum Gasteiger partial charge on any atom is -0.469 e. The largest absolute Gasteiger partial charge is 0.469 e. The molecule has 0 N–H and O–H groups in total. The lowest BCUT2D eigenvalue weighted by Crippen LogP contribution is -2.48. The third-order valence-corrected chi connectivity index (χ3v) is 4.94. The lowest BCUT2D eigenvalue weighted by molar-refractivity contribution is -0.149. The number of ether oxygens (including phenoxy) is 2. The highest BCUT2D eigenvalue weighted by atomic mass is 28.3. The molecule has 5 nitrogen and oxygen atoms in total. The molecule has 0 bridgehead atoms. The maximum absolute atomic E-state index is 12.3. The topological polar surface area (TPSA) is 55.8 Å². The molecule has 1 aliphatic heterocycles. The van der Waals surface area contributed by atoms with Crippen molar-refractivity contribution in [3.05, 3.63) is 0 Å². The predicted octanol–water partition coefficient (Wildman–Crippen LogP) is 3.69. The summed E-state index contributed by atoms with van der Waals surface area (Å²) in [5.41, 5.74) is 2.82. The van der Waals surface area contributed by atoms with E-state index >= 15 is 0 Å². The Morgan fingerprint density at radius 2 is 1.88 bits per heavy atom. The fourth-order valence-electron chi connectivity index (χ4n) is 2.84. The van der Waals surface area contributed by atoms with Crippen LogP contribution in [0.4, 0.5) is 4.79 Å². The lowest BCUT2D eigenvalue weighted by atomic mass is 9.82. The average Bonchev–Trinajstić information content (AvgIpc) is 2.48. The van der Waals surface area contributed by atoms with Crippen molar-refractivity contribution in [1.29, 1.82) is 0 Å². The predicted molar refractivity (Wildman–Crippen MR) is 102 cm³/mol. The fourth-order valence-corrected chi connectivity index (χ4v) is 3.50. The van der Waals surface area contributed by atoms with E-state index < -0.39 is 13.7 Å². The second kappa shape index (κ2) is 8.75. The van der Waals surface area contributed by atoms with Gasteiger partial charge in [-0.3, -0.25) is 4.79 Å². The lowest BCUT2D eigenvalue weighted by Gasteiger charge is -2.37. The molecule has 25 heavy (non-hydrogen) atoms. The van der Waals surface area contributed by atoms with Crippen LogP contribution in [-0.2, 0) is 14.3 Å². The van der Waals surface area contributed by atoms with Crippen LogP contribution in [0.25, 0.3) is 0 Å². The highest BCUT2D eigenvalue weighted by Crippen LogP contribution is 2.29. The van der Waals surface area contributed by atoms with Gasteiger partial charge in [0, 0.05) is 19.5 Å². The van der Waals surface area contributed by atoms with Gasteiger partial charge in [0.2, 0.25) is 0 Å². The second-order valence-electron chi connectivity index (χ2n) is 8.70. The van der Waals surface area contributed by atoms with Gasteiger partial charge in [0.1, 0.15) is 13.7 Å². The van der Waals surface area contributed by atoms with Crippen LogP contribution in [0, 0.1) is 23.3 Å². The van der Waals surface area contributed by atoms with E-state index in [1.807, 2.05) is 20.8 Å². The summed E-state index contributed by atoms with van der Waals surface area (Å²) < 4.78 is 10.4. The molecule has 1 amide bonds. The summed E-state index contributed by atoms with van der Waals surface area (Å²) in [5, 5.41) is 0. The maximum Gasteiger partial charge on any atom is 0.410 e. The Labute approximate surface area is 153 Å². The zero-order valence-corrected chi connectivity index (χ0v) is 17.8. The molecule has 0 aromatic heterocycles. The van der Waals surface area contributed by atoms with Gasteiger partial charge < -0.3 is 14.4 Å². The molecular formula is C19H33NO4Si. The van der Waals surface area contributed by atoms with E-state index in [-0.39, 0.29) is 23.9 Å². The van der Waals surface area contributed by atoms with Crippen LogP contribution in [0.2, 0.25) is 19.6 Å². The molecule has 142 valence electrons. The Bertz CT molecular complexity index is 536. The number of hydrogen-bond acceptors (Lipinski definition) is 4.